The first-order valence-corrected chi connectivity index (χ1v) is 16.0. The van der Waals surface area contributed by atoms with E-state index in [1.54, 1.807) is 15.4 Å². The molecule has 4 heterocycles. The molecular weight excluding hydrogens is 594 g/mol. The predicted molar refractivity (Wildman–Crippen MR) is 182 cm³/mol. The van der Waals surface area contributed by atoms with Crippen LogP contribution in [0.2, 0.25) is 0 Å². The van der Waals surface area contributed by atoms with Crippen molar-refractivity contribution in [3.8, 4) is 0 Å². The third-order valence-corrected chi connectivity index (χ3v) is 8.62. The number of unbranched alkanes of at least 4 members (excludes halogenated alkanes) is 2. The molecule has 0 radical (unpaired) electrons. The number of benzene rings is 2. The molecular formula is C34H41N11O2. The molecule has 0 saturated carbocycles. The van der Waals surface area contributed by atoms with Crippen LogP contribution in [0.5, 0.6) is 0 Å². The molecule has 0 fully saturated rings. The second kappa shape index (κ2) is 13.2. The lowest BCUT2D eigenvalue weighted by molar-refractivity contribution is 0.100. The molecule has 13 heteroatoms. The molecule has 0 spiro atoms. The summed E-state index contributed by atoms with van der Waals surface area (Å²) in [7, 11) is 3.76. The first-order valence-electron chi connectivity index (χ1n) is 16.0. The van der Waals surface area contributed by atoms with Crippen LogP contribution >= 0.6 is 0 Å². The van der Waals surface area contributed by atoms with Gasteiger partial charge < -0.3 is 14.9 Å². The zero-order chi connectivity index (χ0) is 33.2. The number of anilines is 2. The number of imidazole rings is 2. The number of amides is 2. The average Bonchev–Trinajstić information content (AvgIpc) is 3.79. The summed E-state index contributed by atoms with van der Waals surface area (Å²) in [5.74, 6) is 0.476. The van der Waals surface area contributed by atoms with E-state index < -0.39 is 0 Å². The minimum atomic E-state index is -0.262. The number of nitrogens with zero attached hydrogens (tertiary/aromatic N) is 8. The van der Waals surface area contributed by atoms with Gasteiger partial charge in [0.2, 0.25) is 11.9 Å². The Balaban J connectivity index is 1.08. The molecule has 0 unspecified atom stereocenters. The summed E-state index contributed by atoms with van der Waals surface area (Å²) < 4.78 is 7.27. The van der Waals surface area contributed by atoms with Gasteiger partial charge in [0.25, 0.3) is 11.8 Å². The van der Waals surface area contributed by atoms with Crippen molar-refractivity contribution in [1.82, 2.24) is 38.7 Å². The van der Waals surface area contributed by atoms with Crippen molar-refractivity contribution in [2.45, 2.75) is 66.1 Å². The van der Waals surface area contributed by atoms with E-state index in [-0.39, 0.29) is 11.8 Å². The Morgan fingerprint density at radius 1 is 0.809 bits per heavy atom. The van der Waals surface area contributed by atoms with E-state index in [0.29, 0.717) is 49.3 Å². The van der Waals surface area contributed by atoms with E-state index in [4.69, 9.17) is 5.73 Å². The zero-order valence-corrected chi connectivity index (χ0v) is 27.5. The number of carbonyl (C=O) groups excluding carboxylic acids is 2. The van der Waals surface area contributed by atoms with E-state index in [0.717, 1.165) is 63.8 Å². The summed E-state index contributed by atoms with van der Waals surface area (Å²) in [5.41, 5.74) is 13.8. The Labute approximate surface area is 272 Å². The van der Waals surface area contributed by atoms with Crippen molar-refractivity contribution < 1.29 is 9.59 Å². The third-order valence-electron chi connectivity index (χ3n) is 8.62. The van der Waals surface area contributed by atoms with Gasteiger partial charge in [0.05, 0.1) is 33.5 Å². The largest absolute Gasteiger partial charge is 0.326 e. The minimum Gasteiger partial charge on any atom is -0.326 e. The molecule has 0 saturated heterocycles. The maximum atomic E-state index is 13.6. The zero-order valence-electron chi connectivity index (χ0n) is 27.5. The number of nitrogens with one attached hydrogen (secondary N) is 2. The van der Waals surface area contributed by atoms with Crippen LogP contribution in [0, 0.1) is 13.8 Å². The molecule has 2 aromatic carbocycles. The monoisotopic (exact) mass is 635 g/mol. The molecule has 0 atom stereocenters. The van der Waals surface area contributed by atoms with Crippen molar-refractivity contribution in [1.29, 1.82) is 0 Å². The fraction of sp³-hybridized carbons (Fsp3) is 0.353. The summed E-state index contributed by atoms with van der Waals surface area (Å²) in [6.07, 6.45) is 3.27. The summed E-state index contributed by atoms with van der Waals surface area (Å²) in [6.45, 7) is 7.41. The van der Waals surface area contributed by atoms with Gasteiger partial charge in [0.15, 0.2) is 0 Å². The van der Waals surface area contributed by atoms with Crippen molar-refractivity contribution in [3.63, 3.8) is 0 Å². The Hall–Kier alpha value is -5.30. The fourth-order valence-electron chi connectivity index (χ4n) is 6.11. The molecule has 0 bridgehead atoms. The minimum absolute atomic E-state index is 0.219. The molecule has 2 amide bonds. The van der Waals surface area contributed by atoms with Crippen LogP contribution in [0.15, 0.2) is 48.5 Å². The van der Waals surface area contributed by atoms with E-state index in [2.05, 4.69) is 30.8 Å². The highest BCUT2D eigenvalue weighted by molar-refractivity contribution is 6.04. The van der Waals surface area contributed by atoms with E-state index in [1.165, 1.54) is 0 Å². The van der Waals surface area contributed by atoms with Gasteiger partial charge in [-0.3, -0.25) is 29.6 Å². The smallest absolute Gasteiger partial charge is 0.276 e. The van der Waals surface area contributed by atoms with Crippen LogP contribution in [-0.4, -0.2) is 50.5 Å². The molecule has 0 aliphatic rings. The van der Waals surface area contributed by atoms with Gasteiger partial charge in [0, 0.05) is 39.3 Å². The highest BCUT2D eigenvalue weighted by Gasteiger charge is 2.23. The highest BCUT2D eigenvalue weighted by Crippen LogP contribution is 2.23. The number of para-hydroxylation sites is 2. The molecule has 0 aliphatic heterocycles. The second-order valence-electron chi connectivity index (χ2n) is 11.8. The average molecular weight is 636 g/mol. The van der Waals surface area contributed by atoms with E-state index >= 15 is 0 Å². The van der Waals surface area contributed by atoms with Crippen LogP contribution in [0.1, 0.15) is 69.7 Å². The lowest BCUT2D eigenvalue weighted by Gasteiger charge is -2.10. The second-order valence-corrected chi connectivity index (χ2v) is 11.8. The van der Waals surface area contributed by atoms with Gasteiger partial charge in [-0.05, 0) is 75.9 Å². The number of nitrogens with two attached hydrogens (primary N) is 1. The maximum Gasteiger partial charge on any atom is 0.276 e. The van der Waals surface area contributed by atoms with Gasteiger partial charge >= 0.3 is 0 Å². The maximum absolute atomic E-state index is 13.6. The van der Waals surface area contributed by atoms with Crippen LogP contribution in [0.3, 0.4) is 0 Å². The Morgan fingerprint density at radius 3 is 2.23 bits per heavy atom. The normalized spacial score (nSPS) is 11.5. The van der Waals surface area contributed by atoms with Crippen molar-refractivity contribution in [2.24, 2.45) is 19.8 Å². The van der Waals surface area contributed by atoms with Gasteiger partial charge in [-0.2, -0.15) is 10.2 Å². The summed E-state index contributed by atoms with van der Waals surface area (Å²) in [5, 5.41) is 15.2. The number of aryl methyl sites for hydroxylation is 6. The van der Waals surface area contributed by atoms with Gasteiger partial charge in [0.1, 0.15) is 11.4 Å². The topological polar surface area (TPSA) is 156 Å². The van der Waals surface area contributed by atoms with Gasteiger partial charge in [-0.25, -0.2) is 9.97 Å². The van der Waals surface area contributed by atoms with Gasteiger partial charge in [-0.15, -0.1) is 0 Å². The fourth-order valence-corrected chi connectivity index (χ4v) is 6.11. The van der Waals surface area contributed by atoms with Crippen molar-refractivity contribution in [2.75, 3.05) is 10.6 Å². The number of hydrogen-bond donors (Lipinski definition) is 3. The van der Waals surface area contributed by atoms with Crippen LogP contribution < -0.4 is 16.4 Å². The molecule has 6 aromatic rings. The molecule has 244 valence electrons. The van der Waals surface area contributed by atoms with E-state index in [9.17, 15) is 9.59 Å². The molecule has 47 heavy (non-hydrogen) atoms. The quantitative estimate of drug-likeness (QED) is 0.162. The van der Waals surface area contributed by atoms with Crippen molar-refractivity contribution in [3.05, 3.63) is 82.4 Å². The van der Waals surface area contributed by atoms with Crippen LogP contribution in [0.4, 0.5) is 11.9 Å². The number of aromatic nitrogens is 8. The van der Waals surface area contributed by atoms with E-state index in [1.807, 2.05) is 86.5 Å². The Morgan fingerprint density at radius 2 is 1.51 bits per heavy atom. The SMILES string of the molecule is CCn1nc(C)c(CCCCCn2nc(C)cc2C(=O)Nc2nc3cc(CN)ccc3n2C)c1C(=O)Nc1nc2ccccc2n1C. The molecule has 13 nitrogen and oxygen atoms in total. The number of carbonyl (C=O) groups is 2. The van der Waals surface area contributed by atoms with Crippen LogP contribution in [0.25, 0.3) is 22.1 Å². The van der Waals surface area contributed by atoms with Crippen LogP contribution in [-0.2, 0) is 40.2 Å². The standard InChI is InChI=1S/C34H41N11O2/c1-6-44-30(32(47)39-33-36-25-13-9-10-14-27(25)42(33)4)24(22(3)41-44)12-8-7-11-17-45-29(18-21(2)40-45)31(46)38-34-37-26-19-23(20-35)15-16-28(26)43(34)5/h9-10,13-16,18-19H,6-8,11-12,17,20,35H2,1-5H3,(H,36,39,47)(H,37,38,46). The molecule has 0 aliphatic carbocycles. The molecule has 6 rings (SSSR count). The summed E-state index contributed by atoms with van der Waals surface area (Å²) in [6, 6.07) is 15.4. The summed E-state index contributed by atoms with van der Waals surface area (Å²) >= 11 is 0. The van der Waals surface area contributed by atoms with Crippen molar-refractivity contribution >= 4 is 45.8 Å². The predicted octanol–water partition coefficient (Wildman–Crippen LogP) is 4.87. The first-order chi connectivity index (χ1) is 22.7. The summed E-state index contributed by atoms with van der Waals surface area (Å²) in [4.78, 5) is 36.2. The number of fused-ring (bicyclic) bond motifs is 2. The molecule has 4 aromatic heterocycles. The first kappa shape index (κ1) is 31.7. The Bertz CT molecular complexity index is 2100. The van der Waals surface area contributed by atoms with Gasteiger partial charge in [-0.1, -0.05) is 24.6 Å². The number of rotatable bonds is 12. The Kier molecular flexibility index (Phi) is 8.90. The molecule has 4 N–H and O–H groups in total. The highest BCUT2D eigenvalue weighted by atomic mass is 16.2. The lowest BCUT2D eigenvalue weighted by atomic mass is 10.0. The number of hydrogen-bond acceptors (Lipinski definition) is 7. The third kappa shape index (κ3) is 6.26. The lowest BCUT2D eigenvalue weighted by Crippen LogP contribution is -2.21.